The van der Waals surface area contributed by atoms with Gasteiger partial charge in [-0.2, -0.15) is 0 Å². The fourth-order valence-corrected chi connectivity index (χ4v) is 2.71. The van der Waals surface area contributed by atoms with E-state index in [1.165, 1.54) is 36.8 Å². The van der Waals surface area contributed by atoms with Gasteiger partial charge in [0.1, 0.15) is 0 Å². The quantitative estimate of drug-likeness (QED) is 0.684. The molecule has 0 aliphatic heterocycles. The van der Waals surface area contributed by atoms with Crippen molar-refractivity contribution in [2.24, 2.45) is 0 Å². The first-order valence-corrected chi connectivity index (χ1v) is 6.50. The highest BCUT2D eigenvalue weighted by atomic mass is 15.0. The lowest BCUT2D eigenvalue weighted by atomic mass is 10.1. The lowest BCUT2D eigenvalue weighted by Crippen LogP contribution is -2.36. The zero-order valence-corrected chi connectivity index (χ0v) is 10.0. The van der Waals surface area contributed by atoms with Crippen molar-refractivity contribution in [3.63, 3.8) is 0 Å². The van der Waals surface area contributed by atoms with Crippen LogP contribution in [-0.2, 0) is 0 Å². The molecule has 0 amide bonds. The average molecular weight is 224 g/mol. The van der Waals surface area contributed by atoms with Crippen LogP contribution < -0.4 is 4.57 Å². The highest BCUT2D eigenvalue weighted by Crippen LogP contribution is 2.25. The molecule has 1 nitrogen and oxygen atoms in total. The Kier molecular flexibility index (Phi) is 2.91. The molecule has 0 bridgehead atoms. The third kappa shape index (κ3) is 2.23. The molecule has 1 aliphatic carbocycles. The summed E-state index contributed by atoms with van der Waals surface area (Å²) >= 11 is 0. The van der Waals surface area contributed by atoms with E-state index in [0.717, 1.165) is 6.04 Å². The summed E-state index contributed by atoms with van der Waals surface area (Å²) in [6, 6.07) is 15.8. The minimum absolute atomic E-state index is 0.736. The highest BCUT2D eigenvalue weighted by Gasteiger charge is 2.22. The predicted octanol–water partition coefficient (Wildman–Crippen LogP) is 3.76. The van der Waals surface area contributed by atoms with E-state index in [-0.39, 0.29) is 0 Å². The summed E-state index contributed by atoms with van der Waals surface area (Å²) in [6.45, 7) is 0. The zero-order valence-electron chi connectivity index (χ0n) is 10.0. The van der Waals surface area contributed by atoms with Crippen LogP contribution in [0.15, 0.2) is 54.9 Å². The van der Waals surface area contributed by atoms with Crippen LogP contribution in [0.1, 0.15) is 31.7 Å². The second kappa shape index (κ2) is 4.70. The van der Waals surface area contributed by atoms with Crippen molar-refractivity contribution in [1.82, 2.24) is 0 Å². The molecule has 1 aromatic carbocycles. The maximum Gasteiger partial charge on any atom is 0.169 e. The maximum absolute atomic E-state index is 2.37. The largest absolute Gasteiger partial charge is 0.202 e. The van der Waals surface area contributed by atoms with E-state index in [1.54, 1.807) is 0 Å². The molecule has 0 atom stereocenters. The minimum Gasteiger partial charge on any atom is -0.202 e. The number of benzene rings is 1. The standard InChI is InChI=1S/C16H18N/c1-2-6-14(7-3-1)15-10-12-17(13-11-15)16-8-4-5-9-16/h1-3,6-7,10-13,16H,4-5,8-9H2/q+1. The maximum atomic E-state index is 2.37. The molecule has 1 heteroatoms. The molecule has 1 heterocycles. The Hall–Kier alpha value is -1.63. The van der Waals surface area contributed by atoms with Gasteiger partial charge in [0.15, 0.2) is 18.4 Å². The van der Waals surface area contributed by atoms with Gasteiger partial charge in [-0.05, 0) is 24.0 Å². The molecule has 1 saturated carbocycles. The molecule has 86 valence electrons. The van der Waals surface area contributed by atoms with Gasteiger partial charge >= 0.3 is 0 Å². The molecule has 1 aromatic heterocycles. The number of pyridine rings is 1. The molecule has 0 saturated heterocycles. The Labute approximate surface area is 103 Å². The van der Waals surface area contributed by atoms with Crippen molar-refractivity contribution in [2.45, 2.75) is 31.7 Å². The SMILES string of the molecule is c1ccc(-c2cc[n+](C3CCCC3)cc2)cc1. The van der Waals surface area contributed by atoms with Crippen LogP contribution in [-0.4, -0.2) is 0 Å². The second-order valence-corrected chi connectivity index (χ2v) is 4.84. The van der Waals surface area contributed by atoms with Crippen LogP contribution in [0.2, 0.25) is 0 Å². The van der Waals surface area contributed by atoms with Crippen LogP contribution in [0, 0.1) is 0 Å². The molecule has 1 fully saturated rings. The van der Waals surface area contributed by atoms with E-state index in [1.807, 2.05) is 0 Å². The van der Waals surface area contributed by atoms with Gasteiger partial charge in [-0.15, -0.1) is 0 Å². The topological polar surface area (TPSA) is 3.88 Å². The number of rotatable bonds is 2. The minimum atomic E-state index is 0.736. The third-order valence-electron chi connectivity index (χ3n) is 3.71. The Bertz CT molecular complexity index is 467. The van der Waals surface area contributed by atoms with Gasteiger partial charge in [-0.3, -0.25) is 0 Å². The first kappa shape index (κ1) is 10.5. The van der Waals surface area contributed by atoms with Crippen LogP contribution in [0.5, 0.6) is 0 Å². The van der Waals surface area contributed by atoms with Crippen molar-refractivity contribution in [1.29, 1.82) is 0 Å². The summed E-state index contributed by atoms with van der Waals surface area (Å²) < 4.78 is 2.37. The average Bonchev–Trinajstić information content (AvgIpc) is 2.94. The van der Waals surface area contributed by atoms with E-state index in [4.69, 9.17) is 0 Å². The van der Waals surface area contributed by atoms with Crippen molar-refractivity contribution < 1.29 is 4.57 Å². The summed E-state index contributed by atoms with van der Waals surface area (Å²) in [5.74, 6) is 0. The van der Waals surface area contributed by atoms with Crippen molar-refractivity contribution in [3.8, 4) is 11.1 Å². The van der Waals surface area contributed by atoms with Gasteiger partial charge in [0, 0.05) is 25.0 Å². The van der Waals surface area contributed by atoms with Crippen molar-refractivity contribution in [3.05, 3.63) is 54.9 Å². The summed E-state index contributed by atoms with van der Waals surface area (Å²) in [5.41, 5.74) is 2.60. The number of aromatic nitrogens is 1. The number of nitrogens with zero attached hydrogens (tertiary/aromatic N) is 1. The van der Waals surface area contributed by atoms with E-state index < -0.39 is 0 Å². The van der Waals surface area contributed by atoms with Gasteiger partial charge in [-0.25, -0.2) is 4.57 Å². The van der Waals surface area contributed by atoms with E-state index in [2.05, 4.69) is 59.4 Å². The summed E-state index contributed by atoms with van der Waals surface area (Å²) in [6.07, 6.45) is 9.93. The van der Waals surface area contributed by atoms with Crippen molar-refractivity contribution in [2.75, 3.05) is 0 Å². The lowest BCUT2D eigenvalue weighted by molar-refractivity contribution is -0.721. The first-order chi connectivity index (χ1) is 8.43. The fraction of sp³-hybridized carbons (Fsp3) is 0.312. The van der Waals surface area contributed by atoms with E-state index >= 15 is 0 Å². The van der Waals surface area contributed by atoms with Gasteiger partial charge in [0.05, 0.1) is 0 Å². The molecule has 1 aliphatic rings. The normalized spacial score (nSPS) is 16.2. The fourth-order valence-electron chi connectivity index (χ4n) is 2.71. The Morgan fingerprint density at radius 3 is 2.00 bits per heavy atom. The van der Waals surface area contributed by atoms with Crippen LogP contribution in [0.25, 0.3) is 11.1 Å². The smallest absolute Gasteiger partial charge is 0.169 e. The molecule has 0 unspecified atom stereocenters. The molecule has 2 aromatic rings. The Balaban J connectivity index is 1.85. The monoisotopic (exact) mass is 224 g/mol. The first-order valence-electron chi connectivity index (χ1n) is 6.50. The Morgan fingerprint density at radius 2 is 1.35 bits per heavy atom. The molecule has 0 radical (unpaired) electrons. The van der Waals surface area contributed by atoms with Gasteiger partial charge < -0.3 is 0 Å². The van der Waals surface area contributed by atoms with Gasteiger partial charge in [0.2, 0.25) is 0 Å². The zero-order chi connectivity index (χ0) is 11.5. The molecule has 17 heavy (non-hydrogen) atoms. The Morgan fingerprint density at radius 1 is 0.765 bits per heavy atom. The highest BCUT2D eigenvalue weighted by molar-refractivity contribution is 5.61. The molecular weight excluding hydrogens is 206 g/mol. The summed E-state index contributed by atoms with van der Waals surface area (Å²) in [7, 11) is 0. The number of hydrogen-bond donors (Lipinski definition) is 0. The number of hydrogen-bond acceptors (Lipinski definition) is 0. The van der Waals surface area contributed by atoms with Crippen molar-refractivity contribution >= 4 is 0 Å². The molecule has 0 N–H and O–H groups in total. The summed E-state index contributed by atoms with van der Waals surface area (Å²) in [4.78, 5) is 0. The van der Waals surface area contributed by atoms with E-state index in [0.29, 0.717) is 0 Å². The van der Waals surface area contributed by atoms with Crippen LogP contribution in [0.4, 0.5) is 0 Å². The predicted molar refractivity (Wildman–Crippen MR) is 69.6 cm³/mol. The molecular formula is C16H18N+. The van der Waals surface area contributed by atoms with Crippen LogP contribution in [0.3, 0.4) is 0 Å². The molecule has 0 spiro atoms. The van der Waals surface area contributed by atoms with Gasteiger partial charge in [-0.1, -0.05) is 30.3 Å². The van der Waals surface area contributed by atoms with Crippen LogP contribution >= 0.6 is 0 Å². The van der Waals surface area contributed by atoms with E-state index in [9.17, 15) is 0 Å². The summed E-state index contributed by atoms with van der Waals surface area (Å²) in [5, 5.41) is 0. The second-order valence-electron chi connectivity index (χ2n) is 4.84. The third-order valence-corrected chi connectivity index (χ3v) is 3.71. The lowest BCUT2D eigenvalue weighted by Gasteiger charge is -2.05. The van der Waals surface area contributed by atoms with Gasteiger partial charge in [0.25, 0.3) is 0 Å². The molecule has 3 rings (SSSR count).